The number of nitrogens with two attached hydrogens (primary N) is 1. The van der Waals surface area contributed by atoms with E-state index in [1.165, 1.54) is 12.1 Å². The van der Waals surface area contributed by atoms with Crippen LogP contribution in [-0.2, 0) is 6.54 Å². The van der Waals surface area contributed by atoms with Crippen LogP contribution in [0.5, 0.6) is 0 Å². The molecular formula is C12H15FN2O3. The lowest BCUT2D eigenvalue weighted by molar-refractivity contribution is 0.0572. The monoisotopic (exact) mass is 254 g/mol. The molecule has 2 atom stereocenters. The van der Waals surface area contributed by atoms with Crippen LogP contribution in [0.2, 0.25) is 0 Å². The van der Waals surface area contributed by atoms with Gasteiger partial charge in [-0.25, -0.2) is 4.39 Å². The number of aliphatic hydroxyl groups is 2. The summed E-state index contributed by atoms with van der Waals surface area (Å²) >= 11 is 0. The second-order valence-electron chi connectivity index (χ2n) is 4.50. The number of hydrogen-bond acceptors (Lipinski definition) is 4. The number of amides is 1. The van der Waals surface area contributed by atoms with E-state index in [0.717, 1.165) is 6.07 Å². The minimum Gasteiger partial charge on any atom is -0.389 e. The van der Waals surface area contributed by atoms with Gasteiger partial charge in [0.25, 0.3) is 0 Å². The molecule has 2 unspecified atom stereocenters. The zero-order valence-corrected chi connectivity index (χ0v) is 9.71. The topological polar surface area (TPSA) is 86.8 Å². The lowest BCUT2D eigenvalue weighted by Crippen LogP contribution is -2.22. The van der Waals surface area contributed by atoms with Crippen LogP contribution in [0.1, 0.15) is 15.9 Å². The SMILES string of the molecule is NC(=O)c1ccc(CN2CC(O)C(O)C2)c(F)c1. The Hall–Kier alpha value is -1.50. The van der Waals surface area contributed by atoms with Gasteiger partial charge in [-0.15, -0.1) is 0 Å². The molecule has 1 aliphatic rings. The number of likely N-dealkylation sites (tertiary alicyclic amines) is 1. The molecule has 5 nitrogen and oxygen atoms in total. The number of carbonyl (C=O) groups excluding carboxylic acids is 1. The third-order valence-corrected chi connectivity index (χ3v) is 3.07. The highest BCUT2D eigenvalue weighted by Crippen LogP contribution is 2.17. The van der Waals surface area contributed by atoms with Crippen molar-refractivity contribution in [1.29, 1.82) is 0 Å². The molecule has 1 amide bonds. The molecule has 1 fully saturated rings. The van der Waals surface area contributed by atoms with E-state index in [1.54, 1.807) is 4.90 Å². The van der Waals surface area contributed by atoms with Crippen molar-refractivity contribution in [3.8, 4) is 0 Å². The Bertz CT molecular complexity index is 457. The van der Waals surface area contributed by atoms with Crippen molar-refractivity contribution in [2.24, 2.45) is 5.73 Å². The van der Waals surface area contributed by atoms with Crippen LogP contribution in [0.3, 0.4) is 0 Å². The second kappa shape index (κ2) is 5.01. The summed E-state index contributed by atoms with van der Waals surface area (Å²) in [5.74, 6) is -1.19. The predicted molar refractivity (Wildman–Crippen MR) is 62.2 cm³/mol. The van der Waals surface area contributed by atoms with Crippen LogP contribution >= 0.6 is 0 Å². The third-order valence-electron chi connectivity index (χ3n) is 3.07. The number of carbonyl (C=O) groups is 1. The lowest BCUT2D eigenvalue weighted by Gasteiger charge is -2.15. The first-order valence-electron chi connectivity index (χ1n) is 5.64. The van der Waals surface area contributed by atoms with Crippen molar-refractivity contribution in [1.82, 2.24) is 4.90 Å². The van der Waals surface area contributed by atoms with Crippen molar-refractivity contribution in [2.45, 2.75) is 18.8 Å². The number of nitrogens with zero attached hydrogens (tertiary/aromatic N) is 1. The normalized spacial score (nSPS) is 24.4. The van der Waals surface area contributed by atoms with E-state index in [-0.39, 0.29) is 12.1 Å². The average Bonchev–Trinajstić information content (AvgIpc) is 2.61. The van der Waals surface area contributed by atoms with Crippen LogP contribution < -0.4 is 5.73 Å². The molecule has 1 aliphatic heterocycles. The van der Waals surface area contributed by atoms with Gasteiger partial charge in [-0.3, -0.25) is 9.69 Å². The van der Waals surface area contributed by atoms with Gasteiger partial charge < -0.3 is 15.9 Å². The van der Waals surface area contributed by atoms with E-state index in [1.807, 2.05) is 0 Å². The molecule has 1 aromatic carbocycles. The summed E-state index contributed by atoms with van der Waals surface area (Å²) in [6.07, 6.45) is -1.59. The Morgan fingerprint density at radius 2 is 2.00 bits per heavy atom. The molecule has 4 N–H and O–H groups in total. The standard InChI is InChI=1S/C12H15FN2O3/c13-9-3-7(12(14)18)1-2-8(9)4-15-5-10(16)11(17)6-15/h1-3,10-11,16-17H,4-6H2,(H2,14,18). The quantitative estimate of drug-likeness (QED) is 0.676. The van der Waals surface area contributed by atoms with Gasteiger partial charge in [-0.1, -0.05) is 6.07 Å². The summed E-state index contributed by atoms with van der Waals surface area (Å²) in [7, 11) is 0. The first-order valence-corrected chi connectivity index (χ1v) is 5.64. The second-order valence-corrected chi connectivity index (χ2v) is 4.50. The highest BCUT2D eigenvalue weighted by molar-refractivity contribution is 5.92. The van der Waals surface area contributed by atoms with E-state index in [2.05, 4.69) is 0 Å². The predicted octanol–water partition coefficient (Wildman–Crippen LogP) is -0.538. The molecule has 2 rings (SSSR count). The number of β-amino-alcohol motifs (C(OH)–C–C–N with tert-alkyl or cyclic N) is 2. The van der Waals surface area contributed by atoms with Gasteiger partial charge in [0.05, 0.1) is 12.2 Å². The molecular weight excluding hydrogens is 239 g/mol. The van der Waals surface area contributed by atoms with Crippen molar-refractivity contribution < 1.29 is 19.4 Å². The number of hydrogen-bond donors (Lipinski definition) is 3. The minimum absolute atomic E-state index is 0.123. The van der Waals surface area contributed by atoms with E-state index >= 15 is 0 Å². The van der Waals surface area contributed by atoms with E-state index < -0.39 is 23.9 Å². The fourth-order valence-corrected chi connectivity index (χ4v) is 2.05. The Morgan fingerprint density at radius 1 is 1.39 bits per heavy atom. The summed E-state index contributed by atoms with van der Waals surface area (Å²) in [5.41, 5.74) is 5.58. The van der Waals surface area contributed by atoms with Crippen LogP contribution in [0, 0.1) is 5.82 Å². The van der Waals surface area contributed by atoms with Crippen molar-refractivity contribution in [3.05, 3.63) is 35.1 Å². The molecule has 1 aromatic rings. The summed E-state index contributed by atoms with van der Waals surface area (Å²) in [5, 5.41) is 18.8. The van der Waals surface area contributed by atoms with Crippen LogP contribution in [-0.4, -0.2) is 46.3 Å². The van der Waals surface area contributed by atoms with Crippen molar-refractivity contribution in [2.75, 3.05) is 13.1 Å². The van der Waals surface area contributed by atoms with Gasteiger partial charge in [-0.05, 0) is 12.1 Å². The van der Waals surface area contributed by atoms with E-state index in [9.17, 15) is 19.4 Å². The summed E-state index contributed by atoms with van der Waals surface area (Å²) < 4.78 is 13.7. The lowest BCUT2D eigenvalue weighted by atomic mass is 10.1. The highest BCUT2D eigenvalue weighted by atomic mass is 19.1. The maximum Gasteiger partial charge on any atom is 0.248 e. The highest BCUT2D eigenvalue weighted by Gasteiger charge is 2.29. The van der Waals surface area contributed by atoms with Crippen molar-refractivity contribution in [3.63, 3.8) is 0 Å². The Kier molecular flexibility index (Phi) is 3.60. The van der Waals surface area contributed by atoms with Gasteiger partial charge in [0.2, 0.25) is 5.91 Å². The van der Waals surface area contributed by atoms with Gasteiger partial charge in [0.15, 0.2) is 0 Å². The Morgan fingerprint density at radius 3 is 2.50 bits per heavy atom. The summed E-state index contributed by atoms with van der Waals surface area (Å²) in [6, 6.07) is 4.05. The van der Waals surface area contributed by atoms with Gasteiger partial charge in [-0.2, -0.15) is 0 Å². The number of primary amides is 1. The van der Waals surface area contributed by atoms with Gasteiger partial charge >= 0.3 is 0 Å². The smallest absolute Gasteiger partial charge is 0.248 e. The molecule has 0 saturated carbocycles. The Labute approximate surface area is 104 Å². The zero-order chi connectivity index (χ0) is 13.3. The maximum atomic E-state index is 13.7. The fourth-order valence-electron chi connectivity index (χ4n) is 2.05. The summed E-state index contributed by atoms with van der Waals surface area (Å²) in [6.45, 7) is 0.884. The molecule has 0 aromatic heterocycles. The number of halogens is 1. The first kappa shape index (κ1) is 12.9. The van der Waals surface area contributed by atoms with Crippen LogP contribution in [0.15, 0.2) is 18.2 Å². The third kappa shape index (κ3) is 2.66. The molecule has 18 heavy (non-hydrogen) atoms. The maximum absolute atomic E-state index is 13.7. The summed E-state index contributed by atoms with van der Waals surface area (Å²) in [4.78, 5) is 12.6. The molecule has 0 spiro atoms. The van der Waals surface area contributed by atoms with E-state index in [4.69, 9.17) is 5.73 Å². The van der Waals surface area contributed by atoms with Crippen molar-refractivity contribution >= 4 is 5.91 Å². The number of rotatable bonds is 3. The molecule has 1 heterocycles. The largest absolute Gasteiger partial charge is 0.389 e. The molecule has 0 bridgehead atoms. The molecule has 1 saturated heterocycles. The van der Waals surface area contributed by atoms with Gasteiger partial charge in [0.1, 0.15) is 5.82 Å². The number of aliphatic hydroxyl groups excluding tert-OH is 2. The van der Waals surface area contributed by atoms with Crippen LogP contribution in [0.4, 0.5) is 4.39 Å². The number of benzene rings is 1. The Balaban J connectivity index is 2.08. The van der Waals surface area contributed by atoms with E-state index in [0.29, 0.717) is 18.7 Å². The van der Waals surface area contributed by atoms with Gasteiger partial charge in [0, 0.05) is 30.8 Å². The molecule has 0 radical (unpaired) electrons. The molecule has 98 valence electrons. The first-order chi connectivity index (χ1) is 8.47. The molecule has 0 aliphatic carbocycles. The zero-order valence-electron chi connectivity index (χ0n) is 9.71. The fraction of sp³-hybridized carbons (Fsp3) is 0.417. The molecule has 6 heteroatoms. The van der Waals surface area contributed by atoms with Crippen LogP contribution in [0.25, 0.3) is 0 Å². The average molecular weight is 254 g/mol. The minimum atomic E-state index is -0.794.